The molecule has 0 aliphatic heterocycles. The maximum atomic E-state index is 12.6. The van der Waals surface area contributed by atoms with E-state index in [0.717, 1.165) is 19.2 Å². The van der Waals surface area contributed by atoms with Crippen LogP contribution in [0.25, 0.3) is 0 Å². The molecule has 0 amide bonds. The first-order valence-corrected chi connectivity index (χ1v) is 2.94. The van der Waals surface area contributed by atoms with Crippen molar-refractivity contribution in [3.8, 4) is 0 Å². The lowest BCUT2D eigenvalue weighted by Gasteiger charge is -1.96. The van der Waals surface area contributed by atoms with Gasteiger partial charge in [0, 0.05) is 6.20 Å². The first kappa shape index (κ1) is 7.78. The molecule has 2 nitrogen and oxygen atoms in total. The van der Waals surface area contributed by atoms with E-state index in [4.69, 9.17) is 0 Å². The number of carbonyl (C=O) groups is 1. The minimum atomic E-state index is -1.06. The van der Waals surface area contributed by atoms with Crippen LogP contribution in [0.4, 0.5) is 8.78 Å². The number of ketones is 1. The summed E-state index contributed by atoms with van der Waals surface area (Å²) in [5.74, 6) is -2.59. The van der Waals surface area contributed by atoms with Gasteiger partial charge in [-0.3, -0.25) is 4.79 Å². The molecule has 1 aromatic heterocycles. The van der Waals surface area contributed by atoms with E-state index in [1.54, 1.807) is 0 Å². The Hall–Kier alpha value is -1.32. The van der Waals surface area contributed by atoms with Gasteiger partial charge in [-0.1, -0.05) is 0 Å². The predicted octanol–water partition coefficient (Wildman–Crippen LogP) is 1.56. The molecule has 0 saturated heterocycles. The van der Waals surface area contributed by atoms with Crippen molar-refractivity contribution < 1.29 is 13.6 Å². The van der Waals surface area contributed by atoms with Gasteiger partial charge in [0.1, 0.15) is 11.4 Å². The van der Waals surface area contributed by atoms with Crippen molar-refractivity contribution in [3.63, 3.8) is 0 Å². The topological polar surface area (TPSA) is 30.0 Å². The minimum absolute atomic E-state index is 0.576. The molecular weight excluding hydrogens is 152 g/mol. The Morgan fingerprint density at radius 1 is 1.55 bits per heavy atom. The zero-order valence-electron chi connectivity index (χ0n) is 5.77. The summed E-state index contributed by atoms with van der Waals surface area (Å²) in [6.45, 7) is 1.09. The summed E-state index contributed by atoms with van der Waals surface area (Å²) in [7, 11) is 0. The van der Waals surface area contributed by atoms with E-state index >= 15 is 0 Å². The molecule has 0 spiro atoms. The van der Waals surface area contributed by atoms with Crippen molar-refractivity contribution in [2.45, 2.75) is 6.92 Å². The Morgan fingerprint density at radius 2 is 2.18 bits per heavy atom. The summed E-state index contributed by atoms with van der Waals surface area (Å²) in [5.41, 5.74) is -0.576. The normalized spacial score (nSPS) is 9.73. The Balaban J connectivity index is 3.32. The summed E-state index contributed by atoms with van der Waals surface area (Å²) in [5, 5.41) is 0. The maximum Gasteiger partial charge on any atom is 0.226 e. The molecule has 0 atom stereocenters. The smallest absolute Gasteiger partial charge is 0.226 e. The molecule has 0 unspecified atom stereocenters. The van der Waals surface area contributed by atoms with Gasteiger partial charge in [0.05, 0.1) is 0 Å². The van der Waals surface area contributed by atoms with Gasteiger partial charge in [-0.2, -0.15) is 4.39 Å². The monoisotopic (exact) mass is 157 g/mol. The third kappa shape index (κ3) is 1.39. The number of aromatic nitrogens is 1. The molecular formula is C7H5F2NO. The van der Waals surface area contributed by atoms with Gasteiger partial charge in [-0.05, 0) is 13.0 Å². The third-order valence-electron chi connectivity index (χ3n) is 1.21. The van der Waals surface area contributed by atoms with Gasteiger partial charge >= 0.3 is 0 Å². The number of rotatable bonds is 1. The van der Waals surface area contributed by atoms with Crippen LogP contribution < -0.4 is 0 Å². The van der Waals surface area contributed by atoms with Gasteiger partial charge in [0.25, 0.3) is 0 Å². The van der Waals surface area contributed by atoms with Crippen LogP contribution in [-0.2, 0) is 0 Å². The molecule has 0 aliphatic rings. The highest BCUT2D eigenvalue weighted by Gasteiger charge is 2.13. The Kier molecular flexibility index (Phi) is 1.94. The zero-order valence-corrected chi connectivity index (χ0v) is 5.77. The van der Waals surface area contributed by atoms with Crippen LogP contribution in [0.1, 0.15) is 17.3 Å². The molecule has 0 fully saturated rings. The van der Waals surface area contributed by atoms with E-state index < -0.39 is 23.1 Å². The molecule has 0 bridgehead atoms. The van der Waals surface area contributed by atoms with Crippen LogP contribution in [0.15, 0.2) is 12.3 Å². The van der Waals surface area contributed by atoms with Gasteiger partial charge in [0.15, 0.2) is 5.78 Å². The Labute approximate surface area is 61.9 Å². The summed E-state index contributed by atoms with van der Waals surface area (Å²) in [4.78, 5) is 13.7. The van der Waals surface area contributed by atoms with Crippen molar-refractivity contribution in [2.24, 2.45) is 0 Å². The third-order valence-corrected chi connectivity index (χ3v) is 1.21. The molecule has 0 radical (unpaired) electrons. The molecule has 0 saturated carbocycles. The fourth-order valence-electron chi connectivity index (χ4n) is 0.728. The fourth-order valence-corrected chi connectivity index (χ4v) is 0.728. The SMILES string of the molecule is CC(=O)c1c(F)ccnc1F. The average Bonchev–Trinajstić information content (AvgIpc) is 1.85. The number of nitrogens with zero attached hydrogens (tertiary/aromatic N) is 1. The van der Waals surface area contributed by atoms with Crippen LogP contribution >= 0.6 is 0 Å². The van der Waals surface area contributed by atoms with E-state index in [1.807, 2.05) is 0 Å². The summed E-state index contributed by atoms with van der Waals surface area (Å²) in [6, 6.07) is 0.944. The number of hydrogen-bond acceptors (Lipinski definition) is 2. The second-order valence-electron chi connectivity index (χ2n) is 2.01. The van der Waals surface area contributed by atoms with Crippen LogP contribution in [0.2, 0.25) is 0 Å². The van der Waals surface area contributed by atoms with Crippen molar-refractivity contribution in [3.05, 3.63) is 29.6 Å². The van der Waals surface area contributed by atoms with Gasteiger partial charge < -0.3 is 0 Å². The quantitative estimate of drug-likeness (QED) is 0.457. The number of halogens is 2. The largest absolute Gasteiger partial charge is 0.294 e. The standard InChI is InChI=1S/C7H5F2NO/c1-4(11)6-5(8)2-3-10-7(6)9/h2-3H,1H3. The van der Waals surface area contributed by atoms with E-state index in [1.165, 1.54) is 0 Å². The lowest BCUT2D eigenvalue weighted by molar-refractivity contribution is 0.100. The predicted molar refractivity (Wildman–Crippen MR) is 34.2 cm³/mol. The maximum absolute atomic E-state index is 12.6. The fraction of sp³-hybridized carbons (Fsp3) is 0.143. The first-order chi connectivity index (χ1) is 5.13. The highest BCUT2D eigenvalue weighted by molar-refractivity contribution is 5.94. The second kappa shape index (κ2) is 2.74. The number of hydrogen-bond donors (Lipinski definition) is 0. The molecule has 0 aromatic carbocycles. The molecule has 0 aliphatic carbocycles. The van der Waals surface area contributed by atoms with Crippen LogP contribution in [0.3, 0.4) is 0 Å². The van der Waals surface area contributed by atoms with Gasteiger partial charge in [0.2, 0.25) is 5.95 Å². The van der Waals surface area contributed by atoms with Crippen molar-refractivity contribution in [1.29, 1.82) is 0 Å². The molecule has 1 aromatic rings. The number of Topliss-reactive ketones (excluding diaryl/α,β-unsaturated/α-hetero) is 1. The molecule has 1 heterocycles. The molecule has 4 heteroatoms. The lowest BCUT2D eigenvalue weighted by Crippen LogP contribution is -2.02. The van der Waals surface area contributed by atoms with E-state index in [-0.39, 0.29) is 0 Å². The van der Waals surface area contributed by atoms with Crippen LogP contribution in [0.5, 0.6) is 0 Å². The van der Waals surface area contributed by atoms with Gasteiger partial charge in [-0.25, -0.2) is 9.37 Å². The zero-order chi connectivity index (χ0) is 8.43. The summed E-state index contributed by atoms with van der Waals surface area (Å²) in [6.07, 6.45) is 0.969. The number of carbonyl (C=O) groups excluding carboxylic acids is 1. The van der Waals surface area contributed by atoms with Crippen molar-refractivity contribution in [2.75, 3.05) is 0 Å². The summed E-state index contributed by atoms with van der Waals surface area (Å²) >= 11 is 0. The van der Waals surface area contributed by atoms with Crippen LogP contribution in [-0.4, -0.2) is 10.8 Å². The molecule has 58 valence electrons. The van der Waals surface area contributed by atoms with E-state index in [9.17, 15) is 13.6 Å². The van der Waals surface area contributed by atoms with Crippen molar-refractivity contribution in [1.82, 2.24) is 4.98 Å². The summed E-state index contributed by atoms with van der Waals surface area (Å²) < 4.78 is 25.1. The average molecular weight is 157 g/mol. The van der Waals surface area contributed by atoms with E-state index in [0.29, 0.717) is 0 Å². The second-order valence-corrected chi connectivity index (χ2v) is 2.01. The van der Waals surface area contributed by atoms with Crippen molar-refractivity contribution >= 4 is 5.78 Å². The highest BCUT2D eigenvalue weighted by atomic mass is 19.1. The molecule has 11 heavy (non-hydrogen) atoms. The number of pyridine rings is 1. The Bertz CT molecular complexity index is 278. The Morgan fingerprint density at radius 3 is 2.55 bits per heavy atom. The van der Waals surface area contributed by atoms with Gasteiger partial charge in [-0.15, -0.1) is 0 Å². The first-order valence-electron chi connectivity index (χ1n) is 2.94. The van der Waals surface area contributed by atoms with E-state index in [2.05, 4.69) is 4.98 Å². The molecule has 0 N–H and O–H groups in total. The lowest BCUT2D eigenvalue weighted by atomic mass is 10.2. The van der Waals surface area contributed by atoms with Crippen LogP contribution in [0, 0.1) is 11.8 Å². The highest BCUT2D eigenvalue weighted by Crippen LogP contribution is 2.09. The molecule has 1 rings (SSSR count). The minimum Gasteiger partial charge on any atom is -0.294 e.